The second-order valence-corrected chi connectivity index (χ2v) is 4.91. The van der Waals surface area contributed by atoms with E-state index in [0.717, 1.165) is 9.35 Å². The SMILES string of the molecule is O=C(Cc1nc(-c2cc(Br)cs2)no1)C(F)F. The minimum Gasteiger partial charge on any atom is -0.338 e. The van der Waals surface area contributed by atoms with Crippen molar-refractivity contribution in [2.24, 2.45) is 0 Å². The number of alkyl halides is 2. The van der Waals surface area contributed by atoms with Crippen LogP contribution < -0.4 is 0 Å². The summed E-state index contributed by atoms with van der Waals surface area (Å²) in [5.74, 6) is -1.04. The minimum absolute atomic E-state index is 0.102. The van der Waals surface area contributed by atoms with E-state index in [0.29, 0.717) is 0 Å². The van der Waals surface area contributed by atoms with E-state index in [9.17, 15) is 13.6 Å². The second-order valence-electron chi connectivity index (χ2n) is 3.08. The number of thiophene rings is 1. The van der Waals surface area contributed by atoms with Gasteiger partial charge in [-0.2, -0.15) is 4.98 Å². The van der Waals surface area contributed by atoms with Crippen molar-refractivity contribution in [3.8, 4) is 10.7 Å². The molecule has 0 aliphatic heterocycles. The van der Waals surface area contributed by atoms with Gasteiger partial charge >= 0.3 is 0 Å². The van der Waals surface area contributed by atoms with E-state index in [-0.39, 0.29) is 11.7 Å². The number of carbonyl (C=O) groups excluding carboxylic acids is 1. The van der Waals surface area contributed by atoms with Crippen molar-refractivity contribution < 1.29 is 18.1 Å². The zero-order valence-corrected chi connectivity index (χ0v) is 10.6. The summed E-state index contributed by atoms with van der Waals surface area (Å²) in [5, 5.41) is 5.45. The number of ketones is 1. The molecule has 0 radical (unpaired) electrons. The van der Waals surface area contributed by atoms with Crippen LogP contribution in [0, 0.1) is 0 Å². The number of carbonyl (C=O) groups is 1. The highest BCUT2D eigenvalue weighted by atomic mass is 79.9. The van der Waals surface area contributed by atoms with Crippen LogP contribution in [0.4, 0.5) is 8.78 Å². The van der Waals surface area contributed by atoms with Crippen LogP contribution in [0.3, 0.4) is 0 Å². The Kier molecular flexibility index (Phi) is 3.63. The predicted molar refractivity (Wildman–Crippen MR) is 60.0 cm³/mol. The molecule has 0 atom stereocenters. The molecule has 0 aromatic carbocycles. The van der Waals surface area contributed by atoms with E-state index in [4.69, 9.17) is 4.52 Å². The molecule has 2 aromatic rings. The molecule has 0 fully saturated rings. The van der Waals surface area contributed by atoms with E-state index in [1.165, 1.54) is 11.3 Å². The zero-order valence-electron chi connectivity index (χ0n) is 8.19. The maximum Gasteiger partial charge on any atom is 0.296 e. The monoisotopic (exact) mass is 322 g/mol. The summed E-state index contributed by atoms with van der Waals surface area (Å²) in [7, 11) is 0. The van der Waals surface area contributed by atoms with Crippen LogP contribution in [0.25, 0.3) is 10.7 Å². The zero-order chi connectivity index (χ0) is 12.4. The molecule has 0 amide bonds. The van der Waals surface area contributed by atoms with Gasteiger partial charge in [0.1, 0.15) is 0 Å². The highest BCUT2D eigenvalue weighted by molar-refractivity contribution is 9.10. The van der Waals surface area contributed by atoms with Crippen molar-refractivity contribution in [2.45, 2.75) is 12.8 Å². The molecule has 2 rings (SSSR count). The fourth-order valence-corrected chi connectivity index (χ4v) is 2.43. The highest BCUT2D eigenvalue weighted by Gasteiger charge is 2.20. The van der Waals surface area contributed by atoms with Gasteiger partial charge in [0.25, 0.3) is 6.43 Å². The largest absolute Gasteiger partial charge is 0.338 e. The normalized spacial score (nSPS) is 11.1. The van der Waals surface area contributed by atoms with Gasteiger partial charge in [0.15, 0.2) is 0 Å². The van der Waals surface area contributed by atoms with E-state index in [2.05, 4.69) is 26.1 Å². The molecule has 90 valence electrons. The first-order valence-electron chi connectivity index (χ1n) is 4.44. The van der Waals surface area contributed by atoms with Crippen molar-refractivity contribution >= 4 is 33.0 Å². The third-order valence-electron chi connectivity index (χ3n) is 1.82. The fraction of sp³-hybridized carbons (Fsp3) is 0.222. The van der Waals surface area contributed by atoms with Crippen LogP contribution in [0.5, 0.6) is 0 Å². The fourth-order valence-electron chi connectivity index (χ4n) is 1.08. The van der Waals surface area contributed by atoms with Crippen molar-refractivity contribution in [3.05, 3.63) is 21.8 Å². The van der Waals surface area contributed by atoms with Crippen LogP contribution in [-0.4, -0.2) is 22.3 Å². The number of halogens is 3. The molecule has 0 spiro atoms. The predicted octanol–water partition coefficient (Wildman–Crippen LogP) is 2.94. The number of hydrogen-bond acceptors (Lipinski definition) is 5. The molecule has 8 heteroatoms. The van der Waals surface area contributed by atoms with Gasteiger partial charge in [-0.15, -0.1) is 11.3 Å². The molecule has 0 unspecified atom stereocenters. The molecule has 0 bridgehead atoms. The molecule has 0 aliphatic carbocycles. The summed E-state index contributed by atoms with van der Waals surface area (Å²) in [6, 6.07) is 1.77. The lowest BCUT2D eigenvalue weighted by Crippen LogP contribution is -2.12. The van der Waals surface area contributed by atoms with Gasteiger partial charge in [0.2, 0.25) is 17.5 Å². The average molecular weight is 323 g/mol. The molecule has 0 saturated heterocycles. The van der Waals surface area contributed by atoms with E-state index < -0.39 is 18.6 Å². The van der Waals surface area contributed by atoms with Crippen molar-refractivity contribution in [1.82, 2.24) is 10.1 Å². The van der Waals surface area contributed by atoms with Crippen LogP contribution >= 0.6 is 27.3 Å². The van der Waals surface area contributed by atoms with Crippen LogP contribution in [-0.2, 0) is 11.2 Å². The third kappa shape index (κ3) is 2.95. The third-order valence-corrected chi connectivity index (χ3v) is 3.51. The molecular formula is C9H5BrF2N2O2S. The van der Waals surface area contributed by atoms with E-state index in [1.807, 2.05) is 5.38 Å². The van der Waals surface area contributed by atoms with Crippen LogP contribution in [0.1, 0.15) is 5.89 Å². The van der Waals surface area contributed by atoms with Gasteiger partial charge in [-0.25, -0.2) is 8.78 Å². The molecular weight excluding hydrogens is 318 g/mol. The van der Waals surface area contributed by atoms with Crippen molar-refractivity contribution in [1.29, 1.82) is 0 Å². The number of hydrogen-bond donors (Lipinski definition) is 0. The van der Waals surface area contributed by atoms with Gasteiger partial charge in [0, 0.05) is 9.85 Å². The van der Waals surface area contributed by atoms with E-state index in [1.54, 1.807) is 6.07 Å². The van der Waals surface area contributed by atoms with Crippen LogP contribution in [0.2, 0.25) is 0 Å². The minimum atomic E-state index is -3.01. The van der Waals surface area contributed by atoms with Crippen LogP contribution in [0.15, 0.2) is 20.4 Å². The summed E-state index contributed by atoms with van der Waals surface area (Å²) in [4.78, 5) is 15.4. The first kappa shape index (κ1) is 12.3. The maximum absolute atomic E-state index is 12.0. The molecule has 2 aromatic heterocycles. The Morgan fingerprint density at radius 3 is 2.94 bits per heavy atom. The number of nitrogens with zero attached hydrogens (tertiary/aromatic N) is 2. The molecule has 4 nitrogen and oxygen atoms in total. The van der Waals surface area contributed by atoms with E-state index >= 15 is 0 Å². The Bertz CT molecular complexity index is 541. The summed E-state index contributed by atoms with van der Waals surface area (Å²) in [6.07, 6.45) is -3.56. The standard InChI is InChI=1S/C9H5BrF2N2O2S/c10-4-1-6(17-3-4)9-13-7(16-14-9)2-5(15)8(11)12/h1,3,8H,2H2. The highest BCUT2D eigenvalue weighted by Crippen LogP contribution is 2.27. The lowest BCUT2D eigenvalue weighted by molar-refractivity contribution is -0.129. The quantitative estimate of drug-likeness (QED) is 0.868. The molecule has 0 N–H and O–H groups in total. The number of aromatic nitrogens is 2. The summed E-state index contributed by atoms with van der Waals surface area (Å²) < 4.78 is 29.6. The van der Waals surface area contributed by atoms with Gasteiger partial charge in [-0.1, -0.05) is 5.16 Å². The lowest BCUT2D eigenvalue weighted by Gasteiger charge is -1.92. The maximum atomic E-state index is 12.0. The summed E-state index contributed by atoms with van der Waals surface area (Å²) >= 11 is 4.64. The van der Waals surface area contributed by atoms with Gasteiger partial charge in [-0.3, -0.25) is 4.79 Å². The molecule has 0 aliphatic rings. The molecule has 0 saturated carbocycles. The average Bonchev–Trinajstić information content (AvgIpc) is 2.86. The smallest absolute Gasteiger partial charge is 0.296 e. The van der Waals surface area contributed by atoms with Gasteiger partial charge in [0.05, 0.1) is 11.3 Å². The Morgan fingerprint density at radius 2 is 2.35 bits per heavy atom. The Balaban J connectivity index is 2.14. The Labute approximate surface area is 107 Å². The Hall–Kier alpha value is -1.15. The topological polar surface area (TPSA) is 56.0 Å². The first-order chi connectivity index (χ1) is 8.06. The van der Waals surface area contributed by atoms with Gasteiger partial charge in [-0.05, 0) is 22.0 Å². The molecule has 2 heterocycles. The van der Waals surface area contributed by atoms with Crippen molar-refractivity contribution in [3.63, 3.8) is 0 Å². The Morgan fingerprint density at radius 1 is 1.59 bits per heavy atom. The van der Waals surface area contributed by atoms with Crippen molar-refractivity contribution in [2.75, 3.05) is 0 Å². The second kappa shape index (κ2) is 5.01. The first-order valence-corrected chi connectivity index (χ1v) is 6.11. The lowest BCUT2D eigenvalue weighted by atomic mass is 10.3. The summed E-state index contributed by atoms with van der Waals surface area (Å²) in [6.45, 7) is 0. The van der Waals surface area contributed by atoms with Gasteiger partial charge < -0.3 is 4.52 Å². The summed E-state index contributed by atoms with van der Waals surface area (Å²) in [5.41, 5.74) is 0. The number of rotatable bonds is 4. The molecule has 17 heavy (non-hydrogen) atoms. The number of Topliss-reactive ketones (excluding diaryl/α,β-unsaturated/α-hetero) is 1.